The molecule has 0 saturated carbocycles. The van der Waals surface area contributed by atoms with Crippen molar-refractivity contribution in [3.8, 4) is 0 Å². The largest absolute Gasteiger partial charge is 0.370 e. The van der Waals surface area contributed by atoms with Crippen molar-refractivity contribution in [3.63, 3.8) is 0 Å². The molecule has 20 heavy (non-hydrogen) atoms. The zero-order valence-electron chi connectivity index (χ0n) is 14.0. The minimum Gasteiger partial charge on any atom is -0.370 e. The number of anilines is 2. The summed E-state index contributed by atoms with van der Waals surface area (Å²) in [6, 6.07) is 0. The summed E-state index contributed by atoms with van der Waals surface area (Å²) in [5.41, 5.74) is 1.41. The summed E-state index contributed by atoms with van der Waals surface area (Å²) in [5.74, 6) is 2.91. The van der Waals surface area contributed by atoms with Gasteiger partial charge in [0, 0.05) is 18.7 Å². The fraction of sp³-hybridized carbons (Fsp3) is 0.750. The molecule has 0 aliphatic carbocycles. The first-order valence-electron chi connectivity index (χ1n) is 7.62. The second-order valence-electron chi connectivity index (χ2n) is 6.67. The van der Waals surface area contributed by atoms with Crippen molar-refractivity contribution in [3.05, 3.63) is 11.9 Å². The van der Waals surface area contributed by atoms with E-state index < -0.39 is 0 Å². The van der Waals surface area contributed by atoms with E-state index in [1.807, 2.05) is 0 Å². The molecule has 1 heterocycles. The third-order valence-electron chi connectivity index (χ3n) is 4.08. The summed E-state index contributed by atoms with van der Waals surface area (Å²) in [6.45, 7) is 17.3. The first-order chi connectivity index (χ1) is 9.29. The highest BCUT2D eigenvalue weighted by Gasteiger charge is 2.23. The van der Waals surface area contributed by atoms with Crippen LogP contribution in [0.5, 0.6) is 0 Å². The summed E-state index contributed by atoms with van der Waals surface area (Å²) >= 11 is 0. The standard InChI is InChI=1S/C16H30N4/c1-8-17-14-13(11(2)3)15(20-10-19-14)18-9-16(6,7)12(4)5/h10-12H,8-9H2,1-7H3,(H2,17,18,19,20). The lowest BCUT2D eigenvalue weighted by Crippen LogP contribution is -2.29. The second kappa shape index (κ2) is 6.91. The number of rotatable bonds is 7. The molecule has 0 unspecified atom stereocenters. The second-order valence-corrected chi connectivity index (χ2v) is 6.67. The van der Waals surface area contributed by atoms with Crippen LogP contribution in [0, 0.1) is 11.3 Å². The number of hydrogen-bond donors (Lipinski definition) is 2. The van der Waals surface area contributed by atoms with Gasteiger partial charge < -0.3 is 10.6 Å². The van der Waals surface area contributed by atoms with E-state index in [1.54, 1.807) is 6.33 Å². The SMILES string of the molecule is CCNc1ncnc(NCC(C)(C)C(C)C)c1C(C)C. The van der Waals surface area contributed by atoms with Crippen LogP contribution in [0.4, 0.5) is 11.6 Å². The summed E-state index contributed by atoms with van der Waals surface area (Å²) in [5, 5.41) is 6.85. The fourth-order valence-electron chi connectivity index (χ4n) is 1.91. The van der Waals surface area contributed by atoms with Gasteiger partial charge in [-0.25, -0.2) is 9.97 Å². The molecule has 114 valence electrons. The van der Waals surface area contributed by atoms with Gasteiger partial charge in [-0.05, 0) is 24.2 Å². The Morgan fingerprint density at radius 1 is 1.05 bits per heavy atom. The molecule has 0 aromatic carbocycles. The molecule has 0 atom stereocenters. The maximum atomic E-state index is 4.44. The molecule has 0 spiro atoms. The lowest BCUT2D eigenvalue weighted by atomic mass is 9.81. The molecule has 2 N–H and O–H groups in total. The fourth-order valence-corrected chi connectivity index (χ4v) is 1.91. The van der Waals surface area contributed by atoms with Crippen LogP contribution in [0.2, 0.25) is 0 Å². The van der Waals surface area contributed by atoms with Gasteiger partial charge >= 0.3 is 0 Å². The van der Waals surface area contributed by atoms with Crippen molar-refractivity contribution in [1.82, 2.24) is 9.97 Å². The van der Waals surface area contributed by atoms with Crippen LogP contribution in [-0.4, -0.2) is 23.1 Å². The number of aromatic nitrogens is 2. The van der Waals surface area contributed by atoms with Crippen molar-refractivity contribution >= 4 is 11.6 Å². The van der Waals surface area contributed by atoms with Crippen molar-refractivity contribution in [2.45, 2.75) is 54.4 Å². The van der Waals surface area contributed by atoms with E-state index in [0.29, 0.717) is 11.8 Å². The van der Waals surface area contributed by atoms with Gasteiger partial charge in [-0.3, -0.25) is 0 Å². The first-order valence-corrected chi connectivity index (χ1v) is 7.62. The molecule has 1 aromatic heterocycles. The predicted octanol–water partition coefficient (Wildman–Crippen LogP) is 4.13. The van der Waals surface area contributed by atoms with Crippen LogP contribution in [0.25, 0.3) is 0 Å². The van der Waals surface area contributed by atoms with Crippen LogP contribution in [0.1, 0.15) is 59.9 Å². The van der Waals surface area contributed by atoms with Gasteiger partial charge in [0.1, 0.15) is 18.0 Å². The lowest BCUT2D eigenvalue weighted by Gasteiger charge is -2.30. The monoisotopic (exact) mass is 278 g/mol. The normalized spacial score (nSPS) is 12.1. The summed E-state index contributed by atoms with van der Waals surface area (Å²) in [7, 11) is 0. The third kappa shape index (κ3) is 4.09. The molecule has 1 rings (SSSR count). The Hall–Kier alpha value is -1.32. The van der Waals surface area contributed by atoms with Gasteiger partial charge in [-0.15, -0.1) is 0 Å². The van der Waals surface area contributed by atoms with E-state index in [4.69, 9.17) is 0 Å². The Balaban J connectivity index is 2.97. The van der Waals surface area contributed by atoms with Crippen molar-refractivity contribution in [2.24, 2.45) is 11.3 Å². The number of nitrogens with one attached hydrogen (secondary N) is 2. The average Bonchev–Trinajstić information content (AvgIpc) is 2.36. The lowest BCUT2D eigenvalue weighted by molar-refractivity contribution is 0.269. The summed E-state index contributed by atoms with van der Waals surface area (Å²) in [6.07, 6.45) is 1.63. The van der Waals surface area contributed by atoms with Gasteiger partial charge in [0.15, 0.2) is 0 Å². The molecule has 0 aliphatic rings. The Kier molecular flexibility index (Phi) is 5.78. The van der Waals surface area contributed by atoms with Crippen LogP contribution in [-0.2, 0) is 0 Å². The highest BCUT2D eigenvalue weighted by molar-refractivity contribution is 5.59. The molecule has 0 saturated heterocycles. The van der Waals surface area contributed by atoms with E-state index in [0.717, 1.165) is 24.7 Å². The van der Waals surface area contributed by atoms with E-state index in [2.05, 4.69) is 69.1 Å². The zero-order chi connectivity index (χ0) is 15.3. The van der Waals surface area contributed by atoms with Crippen molar-refractivity contribution < 1.29 is 0 Å². The smallest absolute Gasteiger partial charge is 0.135 e. The molecule has 0 aliphatic heterocycles. The zero-order valence-corrected chi connectivity index (χ0v) is 14.0. The average molecular weight is 278 g/mol. The maximum Gasteiger partial charge on any atom is 0.135 e. The van der Waals surface area contributed by atoms with Gasteiger partial charge in [0.2, 0.25) is 0 Å². The Labute approximate surface area is 123 Å². The quantitative estimate of drug-likeness (QED) is 0.787. The first kappa shape index (κ1) is 16.7. The minimum absolute atomic E-state index is 0.234. The molecule has 4 heteroatoms. The van der Waals surface area contributed by atoms with Gasteiger partial charge in [-0.2, -0.15) is 0 Å². The Bertz CT molecular complexity index is 424. The number of nitrogens with zero attached hydrogens (tertiary/aromatic N) is 2. The van der Waals surface area contributed by atoms with Crippen molar-refractivity contribution in [2.75, 3.05) is 23.7 Å². The molecule has 0 bridgehead atoms. The van der Waals surface area contributed by atoms with E-state index in [9.17, 15) is 0 Å². The number of hydrogen-bond acceptors (Lipinski definition) is 4. The van der Waals surface area contributed by atoms with Crippen LogP contribution in [0.3, 0.4) is 0 Å². The Morgan fingerprint density at radius 2 is 1.60 bits per heavy atom. The molecule has 0 amide bonds. The van der Waals surface area contributed by atoms with Crippen LogP contribution in [0.15, 0.2) is 6.33 Å². The molecule has 4 nitrogen and oxygen atoms in total. The van der Waals surface area contributed by atoms with Crippen molar-refractivity contribution in [1.29, 1.82) is 0 Å². The predicted molar refractivity (Wildman–Crippen MR) is 87.4 cm³/mol. The molecular formula is C16H30N4. The molecule has 0 fully saturated rings. The van der Waals surface area contributed by atoms with Crippen LogP contribution < -0.4 is 10.6 Å². The van der Waals surface area contributed by atoms with Gasteiger partial charge in [0.05, 0.1) is 0 Å². The third-order valence-corrected chi connectivity index (χ3v) is 4.08. The van der Waals surface area contributed by atoms with Gasteiger partial charge in [-0.1, -0.05) is 41.5 Å². The molecule has 1 aromatic rings. The van der Waals surface area contributed by atoms with E-state index in [-0.39, 0.29) is 5.41 Å². The van der Waals surface area contributed by atoms with Crippen LogP contribution >= 0.6 is 0 Å². The maximum absolute atomic E-state index is 4.44. The highest BCUT2D eigenvalue weighted by Crippen LogP contribution is 2.31. The Morgan fingerprint density at radius 3 is 2.05 bits per heavy atom. The topological polar surface area (TPSA) is 49.8 Å². The molecule has 0 radical (unpaired) electrons. The molecular weight excluding hydrogens is 248 g/mol. The summed E-state index contributed by atoms with van der Waals surface area (Å²) < 4.78 is 0. The van der Waals surface area contributed by atoms with Gasteiger partial charge in [0.25, 0.3) is 0 Å². The van der Waals surface area contributed by atoms with E-state index >= 15 is 0 Å². The van der Waals surface area contributed by atoms with E-state index in [1.165, 1.54) is 5.56 Å². The minimum atomic E-state index is 0.234. The summed E-state index contributed by atoms with van der Waals surface area (Å²) in [4.78, 5) is 8.81. The highest BCUT2D eigenvalue weighted by atomic mass is 15.1.